The highest BCUT2D eigenvalue weighted by atomic mass is 35.5. The Morgan fingerprint density at radius 2 is 2.00 bits per heavy atom. The van der Waals surface area contributed by atoms with Crippen molar-refractivity contribution in [1.82, 2.24) is 19.5 Å². The fraction of sp³-hybridized carbons (Fsp3) is 0.455. The third-order valence-corrected chi connectivity index (χ3v) is 6.64. The number of hydrogen-bond acceptors (Lipinski definition) is 7. The van der Waals surface area contributed by atoms with Crippen molar-refractivity contribution in [3.05, 3.63) is 40.9 Å². The van der Waals surface area contributed by atoms with E-state index in [1.165, 1.54) is 12.3 Å². The van der Waals surface area contributed by atoms with Gasteiger partial charge in [-0.15, -0.1) is 0 Å². The molecule has 0 aromatic carbocycles. The molecule has 1 fully saturated rings. The molecule has 0 saturated carbocycles. The highest BCUT2D eigenvalue weighted by Gasteiger charge is 2.33. The Morgan fingerprint density at radius 1 is 1.29 bits per heavy atom. The minimum atomic E-state index is -2.60. The fourth-order valence-electron chi connectivity index (χ4n) is 3.69. The number of carbonyl (C=O) groups is 1. The number of nitrogens with two attached hydrogens (primary N) is 1. The summed E-state index contributed by atoms with van der Waals surface area (Å²) in [6.07, 6.45) is 1.24. The third-order valence-electron chi connectivity index (χ3n) is 5.45. The second kappa shape index (κ2) is 11.7. The Balaban J connectivity index is 0.00000103. The second-order valence-corrected chi connectivity index (χ2v) is 9.55. The number of ether oxygens (including phenoxy) is 2. The molecule has 1 aliphatic rings. The van der Waals surface area contributed by atoms with Gasteiger partial charge in [0.1, 0.15) is 36.0 Å². The summed E-state index contributed by atoms with van der Waals surface area (Å²) in [6, 6.07) is 5.07. The van der Waals surface area contributed by atoms with Gasteiger partial charge in [0.15, 0.2) is 5.65 Å². The van der Waals surface area contributed by atoms with Gasteiger partial charge >= 0.3 is 0 Å². The number of carbonyl (C=O) groups excluding carboxylic acids is 1. The van der Waals surface area contributed by atoms with E-state index in [2.05, 4.69) is 22.6 Å². The molecule has 1 amide bonds. The minimum absolute atomic E-state index is 0.00783. The third kappa shape index (κ3) is 6.26. The summed E-state index contributed by atoms with van der Waals surface area (Å²) in [5.74, 6) is 3.86. The predicted molar refractivity (Wildman–Crippen MR) is 128 cm³/mol. The lowest BCUT2D eigenvalue weighted by Crippen LogP contribution is -2.30. The predicted octanol–water partition coefficient (Wildman–Crippen LogP) is 4.13. The van der Waals surface area contributed by atoms with Crippen LogP contribution in [0, 0.1) is 0 Å². The van der Waals surface area contributed by atoms with E-state index in [9.17, 15) is 8.78 Å². The molecule has 3 aromatic heterocycles. The standard InChI is InChI=1S/C21H23ClF2N4O2S.CH3NO/c1-21(5-7-31-8-6-21)20-26-14-3-4-18(27-19(14)28(20)2)30-11-15-16(29-12-17(23)24)9-13(22)10-25-15;2-1-3/h3-4,9-10,17H,5-8,11-12H2,1-2H3;1H,(H2,2,3). The van der Waals surface area contributed by atoms with Gasteiger partial charge in [-0.2, -0.15) is 16.7 Å². The van der Waals surface area contributed by atoms with Crippen LogP contribution in [0.2, 0.25) is 5.02 Å². The lowest BCUT2D eigenvalue weighted by Gasteiger charge is -2.32. The molecular formula is C22H26ClF2N5O3S. The maximum absolute atomic E-state index is 12.5. The number of aromatic nitrogens is 4. The Hall–Kier alpha value is -2.66. The zero-order valence-electron chi connectivity index (χ0n) is 18.8. The van der Waals surface area contributed by atoms with Gasteiger partial charge in [0.25, 0.3) is 6.43 Å². The van der Waals surface area contributed by atoms with E-state index in [0.29, 0.717) is 16.6 Å². The van der Waals surface area contributed by atoms with Crippen molar-refractivity contribution in [3.63, 3.8) is 0 Å². The molecule has 1 aliphatic heterocycles. The number of alkyl halides is 2. The number of hydrogen-bond donors (Lipinski definition) is 1. The number of nitrogens with zero attached hydrogens (tertiary/aromatic N) is 4. The van der Waals surface area contributed by atoms with Crippen LogP contribution < -0.4 is 15.2 Å². The van der Waals surface area contributed by atoms with E-state index in [1.807, 2.05) is 29.4 Å². The molecule has 1 saturated heterocycles. The number of primary amides is 1. The van der Waals surface area contributed by atoms with Crippen molar-refractivity contribution in [3.8, 4) is 11.6 Å². The number of halogens is 3. The van der Waals surface area contributed by atoms with E-state index < -0.39 is 13.0 Å². The van der Waals surface area contributed by atoms with Crippen LogP contribution in [-0.4, -0.2) is 50.5 Å². The number of rotatable bonds is 7. The molecule has 0 unspecified atom stereocenters. The molecule has 4 rings (SSSR count). The van der Waals surface area contributed by atoms with Gasteiger partial charge in [0, 0.05) is 30.8 Å². The summed E-state index contributed by atoms with van der Waals surface area (Å²) in [5, 5.41) is 0.296. The molecule has 3 aromatic rings. The van der Waals surface area contributed by atoms with Gasteiger partial charge in [-0.1, -0.05) is 18.5 Å². The van der Waals surface area contributed by atoms with Gasteiger partial charge in [0.2, 0.25) is 12.3 Å². The molecule has 0 spiro atoms. The topological polar surface area (TPSA) is 105 Å². The molecule has 2 N–H and O–H groups in total. The van der Waals surface area contributed by atoms with E-state index in [0.717, 1.165) is 41.3 Å². The summed E-state index contributed by atoms with van der Waals surface area (Å²) >= 11 is 7.90. The van der Waals surface area contributed by atoms with Crippen molar-refractivity contribution < 1.29 is 23.0 Å². The Morgan fingerprint density at radius 3 is 2.68 bits per heavy atom. The normalized spacial score (nSPS) is 15.0. The lowest BCUT2D eigenvalue weighted by atomic mass is 9.83. The second-order valence-electron chi connectivity index (χ2n) is 7.88. The first kappa shape index (κ1) is 26.0. The van der Waals surface area contributed by atoms with Crippen molar-refractivity contribution in [2.75, 3.05) is 18.1 Å². The summed E-state index contributed by atoms with van der Waals surface area (Å²) in [6.45, 7) is 1.53. The molecule has 8 nitrogen and oxygen atoms in total. The zero-order valence-corrected chi connectivity index (χ0v) is 20.4. The van der Waals surface area contributed by atoms with E-state index >= 15 is 0 Å². The average molecular weight is 514 g/mol. The number of amides is 1. The van der Waals surface area contributed by atoms with Crippen LogP contribution in [0.5, 0.6) is 11.6 Å². The SMILES string of the molecule is Cn1c(C2(C)CCSCC2)nc2ccc(OCc3ncc(Cl)cc3OCC(F)F)nc21.NC=O. The van der Waals surface area contributed by atoms with Gasteiger partial charge in [-0.05, 0) is 30.4 Å². The minimum Gasteiger partial charge on any atom is -0.486 e. The molecule has 0 radical (unpaired) electrons. The maximum atomic E-state index is 12.5. The van der Waals surface area contributed by atoms with E-state index in [1.54, 1.807) is 6.07 Å². The molecule has 0 aliphatic carbocycles. The first-order chi connectivity index (χ1) is 16.3. The largest absolute Gasteiger partial charge is 0.486 e. The first-order valence-corrected chi connectivity index (χ1v) is 12.1. The van der Waals surface area contributed by atoms with Crippen LogP contribution in [-0.2, 0) is 23.9 Å². The lowest BCUT2D eigenvalue weighted by molar-refractivity contribution is -0.106. The van der Waals surface area contributed by atoms with Crippen LogP contribution >= 0.6 is 23.4 Å². The van der Waals surface area contributed by atoms with Crippen LogP contribution in [0.3, 0.4) is 0 Å². The summed E-state index contributed by atoms with van der Waals surface area (Å²) in [4.78, 5) is 22.2. The Labute approximate surface area is 205 Å². The van der Waals surface area contributed by atoms with Crippen molar-refractivity contribution >= 4 is 40.9 Å². The van der Waals surface area contributed by atoms with E-state index in [4.69, 9.17) is 30.9 Å². The summed E-state index contributed by atoms with van der Waals surface area (Å²) < 4.78 is 38.0. The monoisotopic (exact) mass is 513 g/mol. The molecule has 0 atom stereocenters. The first-order valence-electron chi connectivity index (χ1n) is 10.5. The average Bonchev–Trinajstić information content (AvgIpc) is 3.15. The molecule has 184 valence electrons. The number of imidazole rings is 1. The summed E-state index contributed by atoms with van der Waals surface area (Å²) in [5.41, 5.74) is 6.12. The quantitative estimate of drug-likeness (QED) is 0.473. The van der Waals surface area contributed by atoms with Crippen molar-refractivity contribution in [2.45, 2.75) is 38.2 Å². The van der Waals surface area contributed by atoms with E-state index in [-0.39, 0.29) is 24.2 Å². The smallest absolute Gasteiger partial charge is 0.272 e. The van der Waals surface area contributed by atoms with Crippen molar-refractivity contribution in [1.29, 1.82) is 0 Å². The summed E-state index contributed by atoms with van der Waals surface area (Å²) in [7, 11) is 1.98. The highest BCUT2D eigenvalue weighted by molar-refractivity contribution is 7.99. The molecule has 34 heavy (non-hydrogen) atoms. The van der Waals surface area contributed by atoms with Crippen LogP contribution in [0.4, 0.5) is 8.78 Å². The number of aryl methyl sites for hydroxylation is 1. The van der Waals surface area contributed by atoms with Crippen molar-refractivity contribution in [2.24, 2.45) is 12.8 Å². The Bertz CT molecular complexity index is 1130. The number of thioether (sulfide) groups is 1. The Kier molecular flexibility index (Phi) is 8.90. The van der Waals surface area contributed by atoms with Gasteiger partial charge in [-0.3, -0.25) is 9.78 Å². The fourth-order valence-corrected chi connectivity index (χ4v) is 5.23. The molecular weight excluding hydrogens is 488 g/mol. The molecule has 4 heterocycles. The van der Waals surface area contributed by atoms with Crippen LogP contribution in [0.15, 0.2) is 24.4 Å². The van der Waals surface area contributed by atoms with Gasteiger partial charge in [-0.25, -0.2) is 13.8 Å². The molecule has 0 bridgehead atoms. The maximum Gasteiger partial charge on any atom is 0.272 e. The number of pyridine rings is 2. The van der Waals surface area contributed by atoms with Gasteiger partial charge in [0.05, 0.1) is 5.02 Å². The van der Waals surface area contributed by atoms with Gasteiger partial charge < -0.3 is 19.8 Å². The number of fused-ring (bicyclic) bond motifs is 1. The van der Waals surface area contributed by atoms with Crippen LogP contribution in [0.25, 0.3) is 11.2 Å². The molecule has 12 heteroatoms. The zero-order chi connectivity index (χ0) is 24.7. The van der Waals surface area contributed by atoms with Crippen LogP contribution in [0.1, 0.15) is 31.3 Å². The highest BCUT2D eigenvalue weighted by Crippen LogP contribution is 2.38.